The number of hydrogen-bond donors (Lipinski definition) is 1. The zero-order chi connectivity index (χ0) is 12.4. The minimum Gasteiger partial charge on any atom is -0.338 e. The summed E-state index contributed by atoms with van der Waals surface area (Å²) in [6.07, 6.45) is 0.679. The fourth-order valence-corrected chi connectivity index (χ4v) is 1.88. The molecule has 1 unspecified atom stereocenters. The Morgan fingerprint density at radius 2 is 1.88 bits per heavy atom. The Kier molecular flexibility index (Phi) is 3.24. The van der Waals surface area contributed by atoms with Gasteiger partial charge in [0.25, 0.3) is 0 Å². The van der Waals surface area contributed by atoms with E-state index in [-0.39, 0.29) is 6.04 Å². The Morgan fingerprint density at radius 3 is 2.41 bits per heavy atom. The number of aromatic nitrogens is 2. The summed E-state index contributed by atoms with van der Waals surface area (Å²) in [7, 11) is 0. The third kappa shape index (κ3) is 2.91. The van der Waals surface area contributed by atoms with Crippen molar-refractivity contribution >= 4 is 0 Å². The second-order valence-electron chi connectivity index (χ2n) is 4.51. The van der Waals surface area contributed by atoms with Gasteiger partial charge in [0.1, 0.15) is 0 Å². The highest BCUT2D eigenvalue weighted by atomic mass is 16.5. The van der Waals surface area contributed by atoms with Gasteiger partial charge in [-0.05, 0) is 26.3 Å². The van der Waals surface area contributed by atoms with Gasteiger partial charge >= 0.3 is 0 Å². The predicted molar refractivity (Wildman–Crippen MR) is 65.6 cm³/mol. The molecule has 0 spiro atoms. The highest BCUT2D eigenvalue weighted by Crippen LogP contribution is 2.13. The maximum atomic E-state index is 5.67. The van der Waals surface area contributed by atoms with Crippen molar-refractivity contribution in [2.75, 3.05) is 0 Å². The summed E-state index contributed by atoms with van der Waals surface area (Å²) >= 11 is 0. The van der Waals surface area contributed by atoms with Gasteiger partial charge in [-0.25, -0.2) is 0 Å². The average Bonchev–Trinajstić information content (AvgIpc) is 2.64. The first-order valence-corrected chi connectivity index (χ1v) is 5.70. The number of aryl methyl sites for hydroxylation is 2. The quantitative estimate of drug-likeness (QED) is 0.880. The first kappa shape index (κ1) is 11.8. The van der Waals surface area contributed by atoms with Gasteiger partial charge in [0.05, 0.1) is 6.04 Å². The third-order valence-electron chi connectivity index (χ3n) is 2.52. The van der Waals surface area contributed by atoms with E-state index in [0.717, 1.165) is 0 Å². The van der Waals surface area contributed by atoms with Crippen LogP contribution >= 0.6 is 0 Å². The molecular formula is C13H17N3O. The third-order valence-corrected chi connectivity index (χ3v) is 2.52. The van der Waals surface area contributed by atoms with Crippen molar-refractivity contribution in [3.8, 4) is 0 Å². The number of hydrogen-bond acceptors (Lipinski definition) is 4. The molecule has 0 aliphatic carbocycles. The van der Waals surface area contributed by atoms with Gasteiger partial charge in [-0.2, -0.15) is 4.98 Å². The molecule has 2 N–H and O–H groups in total. The zero-order valence-corrected chi connectivity index (χ0v) is 10.4. The Balaban J connectivity index is 2.19. The van der Waals surface area contributed by atoms with Crippen LogP contribution in [0.15, 0.2) is 22.7 Å². The minimum absolute atomic E-state index is 0.213. The number of nitrogens with zero attached hydrogens (tertiary/aromatic N) is 2. The van der Waals surface area contributed by atoms with Gasteiger partial charge in [-0.15, -0.1) is 0 Å². The Labute approximate surface area is 101 Å². The van der Waals surface area contributed by atoms with Crippen LogP contribution in [0.1, 0.15) is 41.4 Å². The van der Waals surface area contributed by atoms with Gasteiger partial charge in [0, 0.05) is 6.42 Å². The van der Waals surface area contributed by atoms with Crippen molar-refractivity contribution in [1.29, 1.82) is 0 Å². The van der Waals surface area contributed by atoms with Gasteiger partial charge in [-0.3, -0.25) is 0 Å². The van der Waals surface area contributed by atoms with Gasteiger partial charge in [0.15, 0.2) is 5.82 Å². The van der Waals surface area contributed by atoms with Crippen LogP contribution in [0.3, 0.4) is 0 Å². The summed E-state index contributed by atoms with van der Waals surface area (Å²) in [4.78, 5) is 4.26. The molecule has 90 valence electrons. The Bertz CT molecular complexity index is 497. The van der Waals surface area contributed by atoms with E-state index in [4.69, 9.17) is 10.3 Å². The van der Waals surface area contributed by atoms with Crippen molar-refractivity contribution < 1.29 is 4.52 Å². The molecule has 4 heteroatoms. The Hall–Kier alpha value is -1.68. The summed E-state index contributed by atoms with van der Waals surface area (Å²) in [6, 6.07) is 6.20. The zero-order valence-electron chi connectivity index (χ0n) is 10.4. The normalized spacial score (nSPS) is 12.7. The molecule has 1 aromatic carbocycles. The molecule has 0 radical (unpaired) electrons. The summed E-state index contributed by atoms with van der Waals surface area (Å²) in [6.45, 7) is 5.99. The van der Waals surface area contributed by atoms with Crippen LogP contribution < -0.4 is 5.73 Å². The lowest BCUT2D eigenvalue weighted by Gasteiger charge is -2.01. The van der Waals surface area contributed by atoms with E-state index in [1.165, 1.54) is 16.7 Å². The monoisotopic (exact) mass is 231 g/mol. The summed E-state index contributed by atoms with van der Waals surface area (Å²) in [5, 5.41) is 3.93. The lowest BCUT2D eigenvalue weighted by molar-refractivity contribution is 0.358. The molecule has 0 aliphatic rings. The minimum atomic E-state index is -0.213. The standard InChI is InChI=1S/C13H17N3O/c1-8-4-9(2)6-11(5-8)7-12-15-13(10(3)14)17-16-12/h4-6,10H,7,14H2,1-3H3. The molecule has 4 nitrogen and oxygen atoms in total. The van der Waals surface area contributed by atoms with Gasteiger partial charge in [0.2, 0.25) is 5.89 Å². The molecule has 1 atom stereocenters. The topological polar surface area (TPSA) is 64.9 Å². The molecular weight excluding hydrogens is 214 g/mol. The van der Waals surface area contributed by atoms with Crippen LogP contribution in [-0.4, -0.2) is 10.1 Å². The van der Waals surface area contributed by atoms with E-state index in [0.29, 0.717) is 18.1 Å². The molecule has 2 aromatic rings. The smallest absolute Gasteiger partial charge is 0.243 e. The van der Waals surface area contributed by atoms with E-state index in [1.54, 1.807) is 0 Å². The van der Waals surface area contributed by atoms with Crippen molar-refractivity contribution in [1.82, 2.24) is 10.1 Å². The number of rotatable bonds is 3. The molecule has 0 aliphatic heterocycles. The van der Waals surface area contributed by atoms with E-state index < -0.39 is 0 Å². The molecule has 0 fully saturated rings. The van der Waals surface area contributed by atoms with Crippen LogP contribution in [0, 0.1) is 13.8 Å². The fraction of sp³-hybridized carbons (Fsp3) is 0.385. The molecule has 0 bridgehead atoms. The molecule has 2 rings (SSSR count). The van der Waals surface area contributed by atoms with Gasteiger partial charge < -0.3 is 10.3 Å². The van der Waals surface area contributed by atoms with Crippen molar-refractivity contribution in [3.63, 3.8) is 0 Å². The second kappa shape index (κ2) is 4.67. The first-order valence-electron chi connectivity index (χ1n) is 5.70. The molecule has 17 heavy (non-hydrogen) atoms. The van der Waals surface area contributed by atoms with Crippen LogP contribution in [0.4, 0.5) is 0 Å². The van der Waals surface area contributed by atoms with E-state index in [9.17, 15) is 0 Å². The maximum absolute atomic E-state index is 5.67. The van der Waals surface area contributed by atoms with Crippen LogP contribution in [-0.2, 0) is 6.42 Å². The number of nitrogens with two attached hydrogens (primary N) is 1. The first-order chi connectivity index (χ1) is 8.04. The molecule has 1 aromatic heterocycles. The van der Waals surface area contributed by atoms with Crippen molar-refractivity contribution in [2.24, 2.45) is 5.73 Å². The molecule has 0 saturated heterocycles. The lowest BCUT2D eigenvalue weighted by Crippen LogP contribution is -2.05. The molecule has 0 saturated carbocycles. The van der Waals surface area contributed by atoms with Crippen LogP contribution in [0.25, 0.3) is 0 Å². The molecule has 1 heterocycles. The second-order valence-corrected chi connectivity index (χ2v) is 4.51. The summed E-state index contributed by atoms with van der Waals surface area (Å²) < 4.78 is 5.07. The highest BCUT2D eigenvalue weighted by Gasteiger charge is 2.10. The lowest BCUT2D eigenvalue weighted by atomic mass is 10.1. The maximum Gasteiger partial charge on any atom is 0.243 e. The highest BCUT2D eigenvalue weighted by molar-refractivity contribution is 5.30. The predicted octanol–water partition coefficient (Wildman–Crippen LogP) is 2.30. The van der Waals surface area contributed by atoms with E-state index >= 15 is 0 Å². The van der Waals surface area contributed by atoms with Crippen molar-refractivity contribution in [2.45, 2.75) is 33.2 Å². The fourth-order valence-electron chi connectivity index (χ4n) is 1.88. The summed E-state index contributed by atoms with van der Waals surface area (Å²) in [5.74, 6) is 1.17. The molecule has 0 amide bonds. The van der Waals surface area contributed by atoms with E-state index in [1.807, 2.05) is 6.92 Å². The largest absolute Gasteiger partial charge is 0.338 e. The van der Waals surface area contributed by atoms with Crippen LogP contribution in [0.5, 0.6) is 0 Å². The van der Waals surface area contributed by atoms with Crippen molar-refractivity contribution in [3.05, 3.63) is 46.6 Å². The Morgan fingerprint density at radius 1 is 1.24 bits per heavy atom. The van der Waals surface area contributed by atoms with Crippen LogP contribution in [0.2, 0.25) is 0 Å². The average molecular weight is 231 g/mol. The van der Waals surface area contributed by atoms with Gasteiger partial charge in [-0.1, -0.05) is 34.5 Å². The number of benzene rings is 1. The summed E-state index contributed by atoms with van der Waals surface area (Å²) in [5.41, 5.74) is 9.36. The van der Waals surface area contributed by atoms with E-state index in [2.05, 4.69) is 42.2 Å². The SMILES string of the molecule is Cc1cc(C)cc(Cc2noc(C(C)N)n2)c1.